The predicted molar refractivity (Wildman–Crippen MR) is 138 cm³/mol. The molecule has 4 saturated carbocycles. The number of benzene rings is 1. The van der Waals surface area contributed by atoms with Gasteiger partial charge in [0.05, 0.1) is 6.20 Å². The third-order valence-electron chi connectivity index (χ3n) is 8.19. The van der Waals surface area contributed by atoms with Gasteiger partial charge in [-0.1, -0.05) is 0 Å². The molecule has 4 fully saturated rings. The molecule has 4 aliphatic carbocycles. The molecule has 3 N–H and O–H groups in total. The van der Waals surface area contributed by atoms with Crippen molar-refractivity contribution in [2.75, 3.05) is 17.2 Å². The number of nitrogens with one attached hydrogen (secondary N) is 3. The van der Waals surface area contributed by atoms with E-state index in [2.05, 4.69) is 32.0 Å². The second kappa shape index (κ2) is 10.2. The first kappa shape index (κ1) is 27.0. The lowest BCUT2D eigenvalue weighted by molar-refractivity contribution is -0.0703. The van der Waals surface area contributed by atoms with E-state index in [-0.39, 0.29) is 35.6 Å². The Labute approximate surface area is 225 Å². The summed E-state index contributed by atoms with van der Waals surface area (Å²) < 4.78 is 47.1. The average molecular weight is 543 g/mol. The molecule has 39 heavy (non-hydrogen) atoms. The second-order valence-corrected chi connectivity index (χ2v) is 12.2. The fourth-order valence-electron chi connectivity index (χ4n) is 6.94. The number of rotatable bonds is 7. The number of nitrogens with zero attached hydrogens (tertiary/aromatic N) is 3. The van der Waals surface area contributed by atoms with Crippen LogP contribution in [0.4, 0.5) is 29.7 Å². The largest absolute Gasteiger partial charge is 0.444 e. The third-order valence-corrected chi connectivity index (χ3v) is 8.19. The number of aromatic nitrogens is 2. The van der Waals surface area contributed by atoms with Crippen molar-refractivity contribution >= 4 is 17.9 Å². The standard InChI is InChI=1S/C28H33F3N6O2/c1-27(2,3)39-26(38)36-23-16-6-15-7-17(23)10-28(8-15,9-16)14-35-24-18(11-32)12-33-25(37-24)34-13-19-20(29)4-5-21(30)22(19)31/h4-5,12,15-17,23H,6-10,13-14H2,1-3H3,(H,36,38)(H2,33,34,35,37)/t15?,16-,17+,23?,28?. The van der Waals surface area contributed by atoms with Gasteiger partial charge >= 0.3 is 6.09 Å². The van der Waals surface area contributed by atoms with Crippen molar-refractivity contribution in [3.05, 3.63) is 46.9 Å². The van der Waals surface area contributed by atoms with Gasteiger partial charge in [-0.2, -0.15) is 10.2 Å². The van der Waals surface area contributed by atoms with E-state index < -0.39 is 28.6 Å². The lowest BCUT2D eigenvalue weighted by Crippen LogP contribution is -2.60. The summed E-state index contributed by atoms with van der Waals surface area (Å²) in [6.45, 7) is 5.80. The van der Waals surface area contributed by atoms with Crippen LogP contribution in [0.3, 0.4) is 0 Å². The summed E-state index contributed by atoms with van der Waals surface area (Å²) in [4.78, 5) is 20.9. The maximum atomic E-state index is 14.0. The van der Waals surface area contributed by atoms with Gasteiger partial charge in [0.1, 0.15) is 28.9 Å². The molecule has 3 unspecified atom stereocenters. The van der Waals surface area contributed by atoms with E-state index in [1.54, 1.807) is 0 Å². The van der Waals surface area contributed by atoms with Gasteiger partial charge in [-0.05, 0) is 88.2 Å². The highest BCUT2D eigenvalue weighted by Gasteiger charge is 2.55. The molecule has 208 valence electrons. The van der Waals surface area contributed by atoms with Gasteiger partial charge in [0.25, 0.3) is 0 Å². The minimum Gasteiger partial charge on any atom is -0.444 e. The van der Waals surface area contributed by atoms with E-state index >= 15 is 0 Å². The summed E-state index contributed by atoms with van der Waals surface area (Å²) in [5.74, 6) is -1.59. The Morgan fingerprint density at radius 2 is 1.82 bits per heavy atom. The summed E-state index contributed by atoms with van der Waals surface area (Å²) in [5.41, 5.74) is -0.745. The maximum absolute atomic E-state index is 14.0. The Hall–Kier alpha value is -3.55. The Morgan fingerprint density at radius 3 is 2.49 bits per heavy atom. The first-order valence-corrected chi connectivity index (χ1v) is 13.3. The fraction of sp³-hybridized carbons (Fsp3) is 0.571. The van der Waals surface area contributed by atoms with Gasteiger partial charge in [-0.3, -0.25) is 0 Å². The zero-order valence-corrected chi connectivity index (χ0v) is 22.3. The number of carbonyl (C=O) groups excluding carboxylic acids is 1. The molecule has 6 rings (SSSR count). The quantitative estimate of drug-likeness (QED) is 0.396. The summed E-state index contributed by atoms with van der Waals surface area (Å²) in [6, 6.07) is 3.77. The highest BCUT2D eigenvalue weighted by atomic mass is 19.2. The van der Waals surface area contributed by atoms with E-state index in [1.165, 1.54) is 6.20 Å². The normalized spacial score (nSPS) is 27.1. The number of carbonyl (C=O) groups is 1. The summed E-state index contributed by atoms with van der Waals surface area (Å²) in [6.07, 6.45) is 6.10. The molecular formula is C28H33F3N6O2. The Balaban J connectivity index is 1.25. The number of hydrogen-bond donors (Lipinski definition) is 3. The van der Waals surface area contributed by atoms with Crippen LogP contribution >= 0.6 is 0 Å². The number of nitriles is 1. The zero-order valence-electron chi connectivity index (χ0n) is 22.3. The van der Waals surface area contributed by atoms with Crippen LogP contribution in [0, 0.1) is 52.0 Å². The summed E-state index contributed by atoms with van der Waals surface area (Å²) in [5, 5.41) is 18.8. The molecule has 1 amide bonds. The molecule has 1 aromatic carbocycles. The lowest BCUT2D eigenvalue weighted by Gasteiger charge is -2.60. The fourth-order valence-corrected chi connectivity index (χ4v) is 6.94. The number of amides is 1. The molecule has 4 aliphatic rings. The van der Waals surface area contributed by atoms with Crippen LogP contribution in [0.2, 0.25) is 0 Å². The molecule has 0 saturated heterocycles. The highest BCUT2D eigenvalue weighted by molar-refractivity contribution is 5.68. The molecule has 11 heteroatoms. The monoisotopic (exact) mass is 542 g/mol. The van der Waals surface area contributed by atoms with Crippen molar-refractivity contribution in [3.8, 4) is 6.07 Å². The van der Waals surface area contributed by atoms with E-state index in [9.17, 15) is 23.2 Å². The Morgan fingerprint density at radius 1 is 1.13 bits per heavy atom. The van der Waals surface area contributed by atoms with Crippen molar-refractivity contribution in [2.24, 2.45) is 23.2 Å². The molecule has 4 bridgehead atoms. The number of halogens is 3. The molecule has 0 spiro atoms. The van der Waals surface area contributed by atoms with E-state index in [0.29, 0.717) is 30.1 Å². The van der Waals surface area contributed by atoms with Gasteiger partial charge in [-0.25, -0.2) is 22.9 Å². The Kier molecular flexibility index (Phi) is 7.08. The summed E-state index contributed by atoms with van der Waals surface area (Å²) >= 11 is 0. The first-order valence-electron chi connectivity index (χ1n) is 13.3. The number of alkyl carbamates (subject to hydrolysis) is 1. The van der Waals surface area contributed by atoms with Crippen molar-refractivity contribution in [1.29, 1.82) is 5.26 Å². The van der Waals surface area contributed by atoms with Gasteiger partial charge in [0, 0.05) is 24.7 Å². The Bertz CT molecular complexity index is 1290. The molecule has 5 atom stereocenters. The molecule has 1 heterocycles. The van der Waals surface area contributed by atoms with Gasteiger partial charge in [0.15, 0.2) is 11.6 Å². The van der Waals surface area contributed by atoms with Crippen LogP contribution in [0.5, 0.6) is 0 Å². The zero-order chi connectivity index (χ0) is 27.9. The molecule has 1 aromatic heterocycles. The molecule has 0 aliphatic heterocycles. The highest BCUT2D eigenvalue weighted by Crippen LogP contribution is 2.60. The average Bonchev–Trinajstić information content (AvgIpc) is 2.86. The molecule has 0 radical (unpaired) electrons. The maximum Gasteiger partial charge on any atom is 0.407 e. The van der Waals surface area contributed by atoms with Crippen LogP contribution in [0.25, 0.3) is 0 Å². The first-order chi connectivity index (χ1) is 18.4. The molecule has 2 aromatic rings. The number of hydrogen-bond acceptors (Lipinski definition) is 7. The minimum atomic E-state index is -1.27. The third kappa shape index (κ3) is 5.75. The van der Waals surface area contributed by atoms with E-state index in [4.69, 9.17) is 4.74 Å². The minimum absolute atomic E-state index is 0.0156. The second-order valence-electron chi connectivity index (χ2n) is 12.2. The van der Waals surface area contributed by atoms with Crippen LogP contribution in [-0.2, 0) is 11.3 Å². The molecular weight excluding hydrogens is 509 g/mol. The smallest absolute Gasteiger partial charge is 0.407 e. The molecule has 8 nitrogen and oxygen atoms in total. The van der Waals surface area contributed by atoms with Crippen LogP contribution in [-0.4, -0.2) is 34.2 Å². The van der Waals surface area contributed by atoms with Crippen LogP contribution in [0.1, 0.15) is 64.0 Å². The van der Waals surface area contributed by atoms with E-state index in [0.717, 1.165) is 44.2 Å². The van der Waals surface area contributed by atoms with Crippen molar-refractivity contribution in [3.63, 3.8) is 0 Å². The van der Waals surface area contributed by atoms with Crippen molar-refractivity contribution in [1.82, 2.24) is 15.3 Å². The summed E-state index contributed by atoms with van der Waals surface area (Å²) in [7, 11) is 0. The number of anilines is 2. The van der Waals surface area contributed by atoms with Crippen LogP contribution < -0.4 is 16.0 Å². The number of ether oxygens (including phenoxy) is 1. The van der Waals surface area contributed by atoms with Crippen LogP contribution in [0.15, 0.2) is 18.3 Å². The topological polar surface area (TPSA) is 112 Å². The lowest BCUT2D eigenvalue weighted by atomic mass is 9.48. The predicted octanol–water partition coefficient (Wildman–Crippen LogP) is 5.51. The van der Waals surface area contributed by atoms with Gasteiger partial charge in [-0.15, -0.1) is 0 Å². The van der Waals surface area contributed by atoms with E-state index in [1.807, 2.05) is 20.8 Å². The van der Waals surface area contributed by atoms with Gasteiger partial charge in [0.2, 0.25) is 5.95 Å². The van der Waals surface area contributed by atoms with Crippen molar-refractivity contribution in [2.45, 2.75) is 71.1 Å². The van der Waals surface area contributed by atoms with Crippen molar-refractivity contribution < 1.29 is 22.7 Å². The SMILES string of the molecule is CC(C)(C)OC(=O)NC1[C@@H]2CC3C[C@H]1CC(CNc1nc(NCc4c(F)ccc(F)c4F)ncc1C#N)(C3)C2. The van der Waals surface area contributed by atoms with Gasteiger partial charge < -0.3 is 20.7 Å².